The molecule has 1 aromatic rings. The molecule has 0 aliphatic heterocycles. The maximum Gasteiger partial charge on any atom is 0.334 e. The Morgan fingerprint density at radius 1 is 1.31 bits per heavy atom. The van der Waals surface area contributed by atoms with Gasteiger partial charge in [0.25, 0.3) is 0 Å². The summed E-state index contributed by atoms with van der Waals surface area (Å²) in [4.78, 5) is 10.8. The van der Waals surface area contributed by atoms with Crippen LogP contribution in [0.4, 0.5) is 0 Å². The van der Waals surface area contributed by atoms with Gasteiger partial charge in [0.05, 0.1) is 13.2 Å². The number of phenols is 1. The second kappa shape index (κ2) is 5.60. The number of allylic oxidation sites excluding steroid dienone is 1. The van der Waals surface area contributed by atoms with Gasteiger partial charge in [-0.2, -0.15) is 0 Å². The zero-order valence-corrected chi connectivity index (χ0v) is 8.75. The molecule has 0 amide bonds. The van der Waals surface area contributed by atoms with E-state index >= 15 is 0 Å². The highest BCUT2D eigenvalue weighted by Gasteiger charge is 1.95. The monoisotopic (exact) mass is 220 g/mol. The fourth-order valence-electron chi connectivity index (χ4n) is 0.995. The van der Waals surface area contributed by atoms with E-state index < -0.39 is 5.97 Å². The SMILES string of the molecule is COC(=O)/C=C(O)/C=C/c1ccc(O)cc1. The van der Waals surface area contributed by atoms with Crippen molar-refractivity contribution < 1.29 is 19.7 Å². The molecule has 0 fully saturated rings. The first-order valence-corrected chi connectivity index (χ1v) is 4.57. The van der Waals surface area contributed by atoms with Crippen LogP contribution in [0.1, 0.15) is 5.56 Å². The summed E-state index contributed by atoms with van der Waals surface area (Å²) in [6.45, 7) is 0. The number of carbonyl (C=O) groups is 1. The zero-order chi connectivity index (χ0) is 12.0. The Hall–Kier alpha value is -2.23. The number of hydrogen-bond donors (Lipinski definition) is 2. The third kappa shape index (κ3) is 3.88. The standard InChI is InChI=1S/C12H12O4/c1-16-12(15)8-11(14)7-4-9-2-5-10(13)6-3-9/h2-8,13-14H,1H3/b7-4+,11-8-. The lowest BCUT2D eigenvalue weighted by Gasteiger charge is -1.94. The highest BCUT2D eigenvalue weighted by molar-refractivity contribution is 5.83. The molecular formula is C12H12O4. The molecule has 0 atom stereocenters. The van der Waals surface area contributed by atoms with Crippen molar-refractivity contribution in [3.05, 3.63) is 47.7 Å². The van der Waals surface area contributed by atoms with Crippen molar-refractivity contribution >= 4 is 12.0 Å². The molecule has 0 aliphatic carbocycles. The molecule has 0 bridgehead atoms. The molecule has 16 heavy (non-hydrogen) atoms. The summed E-state index contributed by atoms with van der Waals surface area (Å²) >= 11 is 0. The highest BCUT2D eigenvalue weighted by atomic mass is 16.5. The van der Waals surface area contributed by atoms with Gasteiger partial charge in [0.2, 0.25) is 0 Å². The molecule has 4 nitrogen and oxygen atoms in total. The molecule has 0 spiro atoms. The zero-order valence-electron chi connectivity index (χ0n) is 8.75. The molecule has 0 aliphatic rings. The van der Waals surface area contributed by atoms with Crippen molar-refractivity contribution in [3.63, 3.8) is 0 Å². The molecule has 0 radical (unpaired) electrons. The van der Waals surface area contributed by atoms with E-state index in [1.54, 1.807) is 18.2 Å². The molecule has 0 unspecified atom stereocenters. The average Bonchev–Trinajstić information content (AvgIpc) is 2.28. The van der Waals surface area contributed by atoms with Crippen LogP contribution in [0.2, 0.25) is 0 Å². The van der Waals surface area contributed by atoms with E-state index in [0.29, 0.717) is 0 Å². The second-order valence-corrected chi connectivity index (χ2v) is 3.02. The second-order valence-electron chi connectivity index (χ2n) is 3.02. The number of ether oxygens (including phenoxy) is 1. The van der Waals surface area contributed by atoms with Crippen LogP contribution in [0, 0.1) is 0 Å². The highest BCUT2D eigenvalue weighted by Crippen LogP contribution is 2.11. The number of carbonyl (C=O) groups excluding carboxylic acids is 1. The molecular weight excluding hydrogens is 208 g/mol. The topological polar surface area (TPSA) is 66.8 Å². The Morgan fingerprint density at radius 2 is 1.94 bits per heavy atom. The summed E-state index contributed by atoms with van der Waals surface area (Å²) in [5, 5.41) is 18.3. The average molecular weight is 220 g/mol. The third-order valence-electron chi connectivity index (χ3n) is 1.81. The first kappa shape index (κ1) is 11.8. The van der Waals surface area contributed by atoms with Crippen molar-refractivity contribution in [2.24, 2.45) is 0 Å². The lowest BCUT2D eigenvalue weighted by atomic mass is 10.2. The van der Waals surface area contributed by atoms with Gasteiger partial charge in [-0.05, 0) is 23.8 Å². The molecule has 1 aromatic carbocycles. The van der Waals surface area contributed by atoms with Crippen LogP contribution in [0.15, 0.2) is 42.2 Å². The Bertz CT molecular complexity index is 415. The Balaban J connectivity index is 2.70. The lowest BCUT2D eigenvalue weighted by molar-refractivity contribution is -0.135. The first-order valence-electron chi connectivity index (χ1n) is 4.57. The molecule has 0 aromatic heterocycles. The van der Waals surface area contributed by atoms with Crippen LogP contribution >= 0.6 is 0 Å². The van der Waals surface area contributed by atoms with Crippen LogP contribution in [0.5, 0.6) is 5.75 Å². The lowest BCUT2D eigenvalue weighted by Crippen LogP contribution is -1.95. The van der Waals surface area contributed by atoms with Gasteiger partial charge in [0.15, 0.2) is 0 Å². The van der Waals surface area contributed by atoms with Crippen molar-refractivity contribution in [1.82, 2.24) is 0 Å². The largest absolute Gasteiger partial charge is 0.508 e. The number of rotatable bonds is 3. The summed E-state index contributed by atoms with van der Waals surface area (Å²) in [5.74, 6) is -0.640. The normalized spacial score (nSPS) is 11.7. The van der Waals surface area contributed by atoms with Crippen molar-refractivity contribution in [2.75, 3.05) is 7.11 Å². The van der Waals surface area contributed by atoms with Crippen LogP contribution in [-0.4, -0.2) is 23.3 Å². The minimum absolute atomic E-state index is 0.173. The van der Waals surface area contributed by atoms with Gasteiger partial charge in [-0.3, -0.25) is 0 Å². The molecule has 0 saturated heterocycles. The van der Waals surface area contributed by atoms with Gasteiger partial charge >= 0.3 is 5.97 Å². The number of aromatic hydroxyl groups is 1. The summed E-state index contributed by atoms with van der Waals surface area (Å²) in [7, 11) is 1.23. The van der Waals surface area contributed by atoms with Gasteiger partial charge in [-0.25, -0.2) is 4.79 Å². The number of hydrogen-bond acceptors (Lipinski definition) is 4. The van der Waals surface area contributed by atoms with E-state index in [-0.39, 0.29) is 11.5 Å². The Labute approximate surface area is 93.1 Å². The van der Waals surface area contributed by atoms with Crippen molar-refractivity contribution in [2.45, 2.75) is 0 Å². The number of methoxy groups -OCH3 is 1. The predicted molar refractivity (Wildman–Crippen MR) is 59.9 cm³/mol. The minimum atomic E-state index is -0.618. The van der Waals surface area contributed by atoms with Gasteiger partial charge in [-0.1, -0.05) is 18.2 Å². The van der Waals surface area contributed by atoms with E-state index in [1.807, 2.05) is 0 Å². The van der Waals surface area contributed by atoms with Crippen LogP contribution in [0.25, 0.3) is 6.08 Å². The van der Waals surface area contributed by atoms with Crippen molar-refractivity contribution in [3.8, 4) is 5.75 Å². The summed E-state index contributed by atoms with van der Waals surface area (Å²) < 4.78 is 4.35. The molecule has 2 N–H and O–H groups in total. The summed E-state index contributed by atoms with van der Waals surface area (Å²) in [6, 6.07) is 6.41. The molecule has 84 valence electrons. The fraction of sp³-hybridized carbons (Fsp3) is 0.0833. The maximum absolute atomic E-state index is 10.8. The minimum Gasteiger partial charge on any atom is -0.508 e. The number of aliphatic hydroxyl groups excluding tert-OH is 1. The Morgan fingerprint density at radius 3 is 2.50 bits per heavy atom. The summed E-state index contributed by atoms with van der Waals surface area (Å²) in [5.41, 5.74) is 0.794. The van der Waals surface area contributed by atoms with E-state index in [0.717, 1.165) is 11.6 Å². The molecule has 0 saturated carbocycles. The van der Waals surface area contributed by atoms with Crippen LogP contribution in [-0.2, 0) is 9.53 Å². The number of phenolic OH excluding ortho intramolecular Hbond substituents is 1. The predicted octanol–water partition coefficient (Wildman–Crippen LogP) is 2.02. The number of benzene rings is 1. The van der Waals surface area contributed by atoms with Gasteiger partial charge < -0.3 is 14.9 Å². The number of aliphatic hydroxyl groups is 1. The van der Waals surface area contributed by atoms with Gasteiger partial charge in [-0.15, -0.1) is 0 Å². The van der Waals surface area contributed by atoms with E-state index in [2.05, 4.69) is 4.74 Å². The quantitative estimate of drug-likeness (QED) is 0.354. The van der Waals surface area contributed by atoms with Crippen LogP contribution < -0.4 is 0 Å². The first-order chi connectivity index (χ1) is 7.61. The van der Waals surface area contributed by atoms with Crippen LogP contribution in [0.3, 0.4) is 0 Å². The molecule has 1 rings (SSSR count). The van der Waals surface area contributed by atoms with Gasteiger partial charge in [0, 0.05) is 0 Å². The molecule has 4 heteroatoms. The maximum atomic E-state index is 10.8. The van der Waals surface area contributed by atoms with E-state index in [9.17, 15) is 9.90 Å². The van der Waals surface area contributed by atoms with E-state index in [4.69, 9.17) is 5.11 Å². The van der Waals surface area contributed by atoms with E-state index in [1.165, 1.54) is 25.3 Å². The molecule has 0 heterocycles. The number of esters is 1. The van der Waals surface area contributed by atoms with Gasteiger partial charge in [0.1, 0.15) is 11.5 Å². The van der Waals surface area contributed by atoms with Crippen molar-refractivity contribution in [1.29, 1.82) is 0 Å². The smallest absolute Gasteiger partial charge is 0.334 e. The third-order valence-corrected chi connectivity index (χ3v) is 1.81. The Kier molecular flexibility index (Phi) is 4.15. The summed E-state index contributed by atoms with van der Waals surface area (Å²) in [6.07, 6.45) is 3.94. The fourth-order valence-corrected chi connectivity index (χ4v) is 0.995.